The van der Waals surface area contributed by atoms with Gasteiger partial charge in [-0.05, 0) is 57.4 Å². The molecule has 3 heterocycles. The molecule has 3 aliphatic rings. The number of anilines is 2. The standard InChI is InChI=1S/C26H28N4O6/c1-13-8-14(2)21(15(3)9-13)29-24(32)26(23(31)27-25(29)33)11-18-10-19(30(34)35)6-7-20(18)28-12-16(4)36-17(5)22(26)28/h6-10,16-17,22H,11-12H2,1-5H3,(H,27,31,33)/t16-,17+,22-,26+/m1/s1. The van der Waals surface area contributed by atoms with Crippen LogP contribution >= 0.6 is 0 Å². The molecular weight excluding hydrogens is 464 g/mol. The predicted molar refractivity (Wildman–Crippen MR) is 132 cm³/mol. The van der Waals surface area contributed by atoms with Gasteiger partial charge in [-0.3, -0.25) is 25.0 Å². The highest BCUT2D eigenvalue weighted by Crippen LogP contribution is 2.49. The van der Waals surface area contributed by atoms with Gasteiger partial charge in [-0.25, -0.2) is 9.69 Å². The van der Waals surface area contributed by atoms with Crippen LogP contribution in [0.4, 0.5) is 21.9 Å². The number of rotatable bonds is 2. The number of benzene rings is 2. The Bertz CT molecular complexity index is 1320. The van der Waals surface area contributed by atoms with Gasteiger partial charge in [0.2, 0.25) is 5.91 Å². The fraction of sp³-hybridized carbons (Fsp3) is 0.423. The third kappa shape index (κ3) is 3.31. The van der Waals surface area contributed by atoms with Gasteiger partial charge in [0.15, 0.2) is 5.41 Å². The molecule has 10 nitrogen and oxygen atoms in total. The zero-order chi connectivity index (χ0) is 26.1. The van der Waals surface area contributed by atoms with E-state index in [1.165, 1.54) is 12.1 Å². The number of carbonyl (C=O) groups excluding carboxylic acids is 3. The first-order valence-corrected chi connectivity index (χ1v) is 11.9. The van der Waals surface area contributed by atoms with Gasteiger partial charge in [0.25, 0.3) is 11.6 Å². The van der Waals surface area contributed by atoms with E-state index in [2.05, 4.69) is 5.32 Å². The maximum atomic E-state index is 14.5. The Kier molecular flexibility index (Phi) is 5.40. The molecule has 0 radical (unpaired) electrons. The van der Waals surface area contributed by atoms with Crippen LogP contribution in [0.15, 0.2) is 30.3 Å². The Hall–Kier alpha value is -3.79. The van der Waals surface area contributed by atoms with Gasteiger partial charge >= 0.3 is 6.03 Å². The number of hydrogen-bond donors (Lipinski definition) is 1. The lowest BCUT2D eigenvalue weighted by Gasteiger charge is -2.56. The SMILES string of the molecule is Cc1cc(C)c(N2C(=O)NC(=O)[C@@]3(Cc4cc([N+](=O)[O-])ccc4N4C[C@@H](C)O[C@@H](C)[C@@H]43)C2=O)c(C)c1. The average Bonchev–Trinajstić information content (AvgIpc) is 2.78. The molecule has 2 aromatic rings. The Balaban J connectivity index is 1.73. The van der Waals surface area contributed by atoms with Crippen molar-refractivity contribution in [2.24, 2.45) is 5.41 Å². The second-order valence-corrected chi connectivity index (χ2v) is 10.1. The average molecular weight is 493 g/mol. The van der Waals surface area contributed by atoms with Crippen molar-refractivity contribution in [3.8, 4) is 0 Å². The molecule has 1 spiro atoms. The molecule has 0 aliphatic carbocycles. The highest BCUT2D eigenvalue weighted by Gasteiger charge is 2.65. The number of barbiturate groups is 1. The summed E-state index contributed by atoms with van der Waals surface area (Å²) in [5, 5.41) is 14.0. The van der Waals surface area contributed by atoms with Crippen LogP contribution in [-0.4, -0.2) is 47.6 Å². The highest BCUT2D eigenvalue weighted by molar-refractivity contribution is 6.31. The van der Waals surface area contributed by atoms with Crippen LogP contribution in [0.25, 0.3) is 0 Å². The number of fused-ring (bicyclic) bond motifs is 4. The van der Waals surface area contributed by atoms with Crippen LogP contribution in [0.5, 0.6) is 0 Å². The van der Waals surface area contributed by atoms with Crippen LogP contribution in [-0.2, 0) is 20.7 Å². The molecule has 3 aliphatic heterocycles. The fourth-order valence-electron chi connectivity index (χ4n) is 6.35. The number of nitro groups is 1. The van der Waals surface area contributed by atoms with Crippen molar-refractivity contribution in [2.45, 2.75) is 59.3 Å². The molecule has 2 aromatic carbocycles. The molecule has 2 saturated heterocycles. The smallest absolute Gasteiger partial charge is 0.335 e. The maximum absolute atomic E-state index is 14.5. The molecule has 0 unspecified atom stereocenters. The van der Waals surface area contributed by atoms with E-state index in [1.54, 1.807) is 6.07 Å². The zero-order valence-electron chi connectivity index (χ0n) is 20.8. The van der Waals surface area contributed by atoms with Crippen LogP contribution in [0.1, 0.15) is 36.1 Å². The third-order valence-electron chi connectivity index (χ3n) is 7.51. The first-order chi connectivity index (χ1) is 17.0. The highest BCUT2D eigenvalue weighted by atomic mass is 16.6. The molecule has 0 aromatic heterocycles. The number of ether oxygens (including phenoxy) is 1. The number of imide groups is 2. The lowest BCUT2D eigenvalue weighted by molar-refractivity contribution is -0.384. The number of aryl methyl sites for hydroxylation is 3. The molecule has 188 valence electrons. The van der Waals surface area contributed by atoms with Crippen molar-refractivity contribution in [1.82, 2.24) is 5.32 Å². The molecule has 4 amide bonds. The number of morpholine rings is 1. The van der Waals surface area contributed by atoms with Crippen molar-refractivity contribution in [3.05, 3.63) is 62.7 Å². The second-order valence-electron chi connectivity index (χ2n) is 10.1. The van der Waals surface area contributed by atoms with Crippen molar-refractivity contribution in [1.29, 1.82) is 0 Å². The summed E-state index contributed by atoms with van der Waals surface area (Å²) >= 11 is 0. The predicted octanol–water partition coefficient (Wildman–Crippen LogP) is 3.33. The maximum Gasteiger partial charge on any atom is 0.335 e. The van der Waals surface area contributed by atoms with E-state index in [-0.39, 0.29) is 18.2 Å². The lowest BCUT2D eigenvalue weighted by Crippen LogP contribution is -2.76. The topological polar surface area (TPSA) is 122 Å². The van der Waals surface area contributed by atoms with E-state index in [9.17, 15) is 24.5 Å². The van der Waals surface area contributed by atoms with Gasteiger partial charge in [-0.15, -0.1) is 0 Å². The normalized spacial score (nSPS) is 27.6. The molecule has 36 heavy (non-hydrogen) atoms. The number of carbonyl (C=O) groups is 3. The van der Waals surface area contributed by atoms with E-state index >= 15 is 0 Å². The van der Waals surface area contributed by atoms with E-state index in [0.29, 0.717) is 17.8 Å². The number of amides is 4. The Labute approximate surface area is 208 Å². The first kappa shape index (κ1) is 23.9. The molecule has 2 fully saturated rings. The molecule has 0 saturated carbocycles. The summed E-state index contributed by atoms with van der Waals surface area (Å²) in [6.45, 7) is 9.67. The summed E-state index contributed by atoms with van der Waals surface area (Å²) in [6, 6.07) is 6.76. The number of hydrogen-bond acceptors (Lipinski definition) is 7. The van der Waals surface area contributed by atoms with Gasteiger partial charge in [-0.2, -0.15) is 0 Å². The van der Waals surface area contributed by atoms with Gasteiger partial charge in [0, 0.05) is 30.8 Å². The Morgan fingerprint density at radius 3 is 2.39 bits per heavy atom. The van der Waals surface area contributed by atoms with E-state index in [0.717, 1.165) is 27.3 Å². The lowest BCUT2D eigenvalue weighted by atomic mass is 9.66. The zero-order valence-corrected chi connectivity index (χ0v) is 20.8. The van der Waals surface area contributed by atoms with Crippen molar-refractivity contribution in [3.63, 3.8) is 0 Å². The monoisotopic (exact) mass is 492 g/mol. The summed E-state index contributed by atoms with van der Waals surface area (Å²) in [5.74, 6) is -1.36. The molecule has 0 bridgehead atoms. The largest absolute Gasteiger partial charge is 0.372 e. The van der Waals surface area contributed by atoms with Gasteiger partial charge < -0.3 is 9.64 Å². The molecule has 4 atom stereocenters. The quantitative estimate of drug-likeness (QED) is 0.388. The minimum atomic E-state index is -1.72. The van der Waals surface area contributed by atoms with Crippen molar-refractivity contribution >= 4 is 34.9 Å². The second kappa shape index (κ2) is 8.12. The van der Waals surface area contributed by atoms with Gasteiger partial charge in [0.1, 0.15) is 0 Å². The molecule has 5 rings (SSSR count). The molecule has 10 heteroatoms. The summed E-state index contributed by atoms with van der Waals surface area (Å²) in [4.78, 5) is 55.4. The Morgan fingerprint density at radius 2 is 1.75 bits per heavy atom. The number of urea groups is 1. The van der Waals surface area contributed by atoms with Crippen LogP contribution in [0.3, 0.4) is 0 Å². The summed E-state index contributed by atoms with van der Waals surface area (Å²) in [7, 11) is 0. The fourth-order valence-corrected chi connectivity index (χ4v) is 6.35. The van der Waals surface area contributed by atoms with Crippen LogP contribution < -0.4 is 15.1 Å². The summed E-state index contributed by atoms with van der Waals surface area (Å²) in [6.07, 6.45) is -0.816. The van der Waals surface area contributed by atoms with E-state index in [1.807, 2.05) is 51.7 Å². The number of nitrogens with one attached hydrogen (secondary N) is 1. The summed E-state index contributed by atoms with van der Waals surface area (Å²) < 4.78 is 6.10. The van der Waals surface area contributed by atoms with Crippen molar-refractivity contribution in [2.75, 3.05) is 16.3 Å². The molecular formula is C26H28N4O6. The van der Waals surface area contributed by atoms with Crippen LogP contribution in [0.2, 0.25) is 0 Å². The van der Waals surface area contributed by atoms with Crippen molar-refractivity contribution < 1.29 is 24.0 Å². The minimum absolute atomic E-state index is 0.0916. The van der Waals surface area contributed by atoms with Crippen LogP contribution in [0, 0.1) is 36.3 Å². The van der Waals surface area contributed by atoms with Gasteiger partial charge in [0.05, 0.1) is 28.9 Å². The number of nitro benzene ring substituents is 1. The summed E-state index contributed by atoms with van der Waals surface area (Å²) in [5.41, 5.74) is 2.26. The Morgan fingerprint density at radius 1 is 1.08 bits per heavy atom. The number of nitrogens with zero attached hydrogens (tertiary/aromatic N) is 3. The minimum Gasteiger partial charge on any atom is -0.372 e. The van der Waals surface area contributed by atoms with E-state index in [4.69, 9.17) is 4.74 Å². The first-order valence-electron chi connectivity index (χ1n) is 11.9. The molecule has 1 N–H and O–H groups in total. The van der Waals surface area contributed by atoms with E-state index < -0.39 is 40.3 Å². The number of non-ortho nitro benzene ring substituents is 1. The van der Waals surface area contributed by atoms with Gasteiger partial charge in [-0.1, -0.05) is 17.7 Å². The third-order valence-corrected chi connectivity index (χ3v) is 7.51.